The normalized spacial score (nSPS) is 9.79. The van der Waals surface area contributed by atoms with Gasteiger partial charge >= 0.3 is 0 Å². The number of aryl methyl sites for hydroxylation is 2. The topological polar surface area (TPSA) is 3.88 Å². The Balaban J connectivity index is -0.000000171. The van der Waals surface area contributed by atoms with Gasteiger partial charge in [0.2, 0.25) is 0 Å². The van der Waals surface area contributed by atoms with Gasteiger partial charge in [-0.25, -0.2) is 4.57 Å². The van der Waals surface area contributed by atoms with Gasteiger partial charge in [-0.2, -0.15) is 0 Å². The van der Waals surface area contributed by atoms with Gasteiger partial charge in [0, 0.05) is 50.3 Å². The predicted octanol–water partition coefficient (Wildman–Crippen LogP) is 5.08. The van der Waals surface area contributed by atoms with Crippen molar-refractivity contribution in [3.05, 3.63) is 37.0 Å². The van der Waals surface area contributed by atoms with Gasteiger partial charge in [0.15, 0.2) is 11.9 Å². The van der Waals surface area contributed by atoms with E-state index in [0.29, 0.717) is 11.8 Å². The van der Waals surface area contributed by atoms with E-state index in [1.54, 1.807) is 0 Å². The van der Waals surface area contributed by atoms with Crippen molar-refractivity contribution in [1.29, 1.82) is 0 Å². The molecule has 0 aliphatic heterocycles. The van der Waals surface area contributed by atoms with E-state index < -0.39 is 0 Å². The van der Waals surface area contributed by atoms with Crippen LogP contribution in [0.25, 0.3) is 0 Å². The molecule has 1 aromatic rings. The molecule has 0 N–H and O–H groups in total. The van der Waals surface area contributed by atoms with E-state index >= 15 is 0 Å². The summed E-state index contributed by atoms with van der Waals surface area (Å²) >= 11 is 0. The molecule has 0 saturated heterocycles. The van der Waals surface area contributed by atoms with E-state index in [-0.39, 0.29) is 40.1 Å². The zero-order valence-corrected chi connectivity index (χ0v) is 17.7. The Morgan fingerprint density at radius 1 is 0.947 bits per heavy atom. The van der Waals surface area contributed by atoms with Crippen LogP contribution in [-0.4, -0.2) is 0 Å². The molecule has 1 atom stereocenters. The fraction of sp³-hybridized carbons (Fsp3) is 0.647. The summed E-state index contributed by atoms with van der Waals surface area (Å²) in [5.41, 5.74) is 2.74. The van der Waals surface area contributed by atoms with E-state index in [9.17, 15) is 0 Å². The summed E-state index contributed by atoms with van der Waals surface area (Å²) in [6.45, 7) is 17.0. The minimum absolute atomic E-state index is 0. The number of rotatable bonds is 2. The van der Waals surface area contributed by atoms with Crippen LogP contribution in [-0.2, 0) is 39.8 Å². The summed E-state index contributed by atoms with van der Waals surface area (Å²) < 4.78 is 2.24. The molecule has 0 saturated carbocycles. The molecule has 0 unspecified atom stereocenters. The van der Waals surface area contributed by atoms with Crippen LogP contribution in [0.3, 0.4) is 0 Å². The zero-order chi connectivity index (χ0) is 14.0. The maximum Gasteiger partial charge on any atom is 0.184 e. The third-order valence-corrected chi connectivity index (χ3v) is 2.79. The Hall–Kier alpha value is 0.254. The smallest absolute Gasteiger partial charge is 0.184 e. The summed E-state index contributed by atoms with van der Waals surface area (Å²) in [6, 6.07) is 4.42. The molecule has 1 aromatic heterocycles. The summed E-state index contributed by atoms with van der Waals surface area (Å²) in [6.07, 6.45) is 2.19. The van der Waals surface area contributed by atoms with Crippen molar-refractivity contribution in [2.24, 2.45) is 13.0 Å². The van der Waals surface area contributed by atoms with Crippen LogP contribution >= 0.6 is 0 Å². The minimum atomic E-state index is 0. The molecule has 0 fully saturated rings. The number of pyridine rings is 1. The summed E-state index contributed by atoms with van der Waals surface area (Å²) in [5.74, 6) is 1.33. The van der Waals surface area contributed by atoms with Crippen molar-refractivity contribution >= 4 is 0 Å². The predicted molar refractivity (Wildman–Crippen MR) is 84.7 cm³/mol. The average Bonchev–Trinajstić information content (AvgIpc) is 2.33. The molecular formula is C17H35NY. The molecule has 19 heavy (non-hydrogen) atoms. The molecule has 0 spiro atoms. The molecule has 1 nitrogen and oxygen atoms in total. The fourth-order valence-corrected chi connectivity index (χ4v) is 1.57. The van der Waals surface area contributed by atoms with Gasteiger partial charge in [-0.05, 0) is 18.9 Å². The van der Waals surface area contributed by atoms with Gasteiger partial charge in [0.05, 0.1) is 0 Å². The van der Waals surface area contributed by atoms with Crippen LogP contribution in [0.1, 0.15) is 65.6 Å². The second kappa shape index (κ2) is 16.3. The van der Waals surface area contributed by atoms with Crippen LogP contribution in [0.15, 0.2) is 18.3 Å². The molecule has 2 heteroatoms. The first-order chi connectivity index (χ1) is 8.02. The molecule has 111 valence electrons. The maximum atomic E-state index is 2.29. The number of hydrogen-bond donors (Lipinski definition) is 0. The van der Waals surface area contributed by atoms with Crippen molar-refractivity contribution in [3.63, 3.8) is 0 Å². The first-order valence-corrected chi connectivity index (χ1v) is 6.98. The van der Waals surface area contributed by atoms with Crippen LogP contribution in [0.4, 0.5) is 0 Å². The molecular weight excluding hydrogens is 307 g/mol. The van der Waals surface area contributed by atoms with Crippen molar-refractivity contribution in [3.8, 4) is 0 Å². The van der Waals surface area contributed by atoms with Crippen molar-refractivity contribution in [2.45, 2.75) is 61.3 Å². The van der Waals surface area contributed by atoms with Gasteiger partial charge in [-0.1, -0.05) is 48.5 Å². The Kier molecular flexibility index (Phi) is 23.7. The number of nitrogens with zero attached hydrogens (tertiary/aromatic N) is 1. The fourth-order valence-electron chi connectivity index (χ4n) is 1.57. The number of hydrogen-bond acceptors (Lipinski definition) is 0. The molecule has 1 rings (SSSR count). The standard InChI is InChI=1S/C12H20N.2C2H6.CH3.Y/c1-9(2)11(4)12-7-6-10(3)8-13(12)5;2*1-2;;/h6-9,11H,1-5H3;2*1-2H3;1H3;/q+1;;;-1;/t11-;;;;/m1..../s1. The van der Waals surface area contributed by atoms with Gasteiger partial charge < -0.3 is 7.43 Å². The van der Waals surface area contributed by atoms with E-state index in [4.69, 9.17) is 0 Å². The van der Waals surface area contributed by atoms with Crippen LogP contribution < -0.4 is 4.57 Å². The molecule has 1 radical (unpaired) electrons. The molecule has 0 aromatic carbocycles. The third kappa shape index (κ3) is 10.7. The third-order valence-electron chi connectivity index (χ3n) is 2.79. The van der Waals surface area contributed by atoms with Crippen molar-refractivity contribution < 1.29 is 37.3 Å². The first-order valence-electron chi connectivity index (χ1n) is 6.98. The molecule has 0 aliphatic carbocycles. The van der Waals surface area contributed by atoms with Crippen LogP contribution in [0.2, 0.25) is 0 Å². The molecule has 0 aliphatic rings. The van der Waals surface area contributed by atoms with Gasteiger partial charge in [-0.3, -0.25) is 0 Å². The summed E-state index contributed by atoms with van der Waals surface area (Å²) in [7, 11) is 2.13. The van der Waals surface area contributed by atoms with Gasteiger partial charge in [0.25, 0.3) is 0 Å². The quantitative estimate of drug-likeness (QED) is 0.521. The molecule has 1 heterocycles. The SMILES string of the molecule is CC.CC.Cc1ccc([C@H](C)C(C)C)[n+](C)c1.[CH3-].[Y]. The first kappa shape index (κ1) is 27.6. The minimum Gasteiger partial charge on any atom is -0.358 e. The monoisotopic (exact) mass is 342 g/mol. The Labute approximate surface area is 148 Å². The van der Waals surface area contributed by atoms with Gasteiger partial charge in [-0.15, -0.1) is 0 Å². The summed E-state index contributed by atoms with van der Waals surface area (Å²) in [5, 5.41) is 0. The largest absolute Gasteiger partial charge is 0.358 e. The second-order valence-corrected chi connectivity index (χ2v) is 4.27. The van der Waals surface area contributed by atoms with Crippen LogP contribution in [0, 0.1) is 20.3 Å². The average molecular weight is 342 g/mol. The van der Waals surface area contributed by atoms with E-state index in [1.165, 1.54) is 11.3 Å². The molecule has 0 amide bonds. The van der Waals surface area contributed by atoms with E-state index in [2.05, 4.69) is 57.6 Å². The number of aromatic nitrogens is 1. The Bertz CT molecular complexity index is 295. The van der Waals surface area contributed by atoms with E-state index in [1.807, 2.05) is 27.7 Å². The maximum absolute atomic E-state index is 2.29. The van der Waals surface area contributed by atoms with E-state index in [0.717, 1.165) is 0 Å². The Morgan fingerprint density at radius 2 is 1.37 bits per heavy atom. The van der Waals surface area contributed by atoms with Crippen LogP contribution in [0.5, 0.6) is 0 Å². The van der Waals surface area contributed by atoms with Gasteiger partial charge in [0.1, 0.15) is 7.05 Å². The summed E-state index contributed by atoms with van der Waals surface area (Å²) in [4.78, 5) is 0. The Morgan fingerprint density at radius 3 is 1.68 bits per heavy atom. The second-order valence-electron chi connectivity index (χ2n) is 4.27. The zero-order valence-electron chi connectivity index (χ0n) is 14.9. The molecule has 0 bridgehead atoms. The van der Waals surface area contributed by atoms with Crippen molar-refractivity contribution in [1.82, 2.24) is 0 Å². The van der Waals surface area contributed by atoms with Crippen molar-refractivity contribution in [2.75, 3.05) is 0 Å².